The fraction of sp³-hybridized carbons (Fsp3) is 0.429. The molecule has 3 N–H and O–H groups in total. The fourth-order valence-electron chi connectivity index (χ4n) is 2.22. The molecule has 1 aliphatic carbocycles. The first kappa shape index (κ1) is 13.2. The van der Waals surface area contributed by atoms with Crippen LogP contribution in [-0.4, -0.2) is 15.5 Å². The summed E-state index contributed by atoms with van der Waals surface area (Å²) >= 11 is 1.48. The van der Waals surface area contributed by atoms with Crippen LogP contribution < -0.4 is 11.1 Å². The van der Waals surface area contributed by atoms with Gasteiger partial charge in [-0.15, -0.1) is 11.3 Å². The van der Waals surface area contributed by atoms with Gasteiger partial charge in [0.25, 0.3) is 5.91 Å². The Labute approximate surface area is 121 Å². The van der Waals surface area contributed by atoms with E-state index in [-0.39, 0.29) is 5.91 Å². The summed E-state index contributed by atoms with van der Waals surface area (Å²) in [5, 5.41) is 5.57. The van der Waals surface area contributed by atoms with Gasteiger partial charge in [-0.2, -0.15) is 0 Å². The Morgan fingerprint density at radius 3 is 3.10 bits per heavy atom. The van der Waals surface area contributed by atoms with Gasteiger partial charge in [-0.05, 0) is 25.3 Å². The molecule has 0 spiro atoms. The third kappa shape index (κ3) is 2.70. The zero-order valence-electron chi connectivity index (χ0n) is 11.4. The molecule has 2 aromatic rings. The van der Waals surface area contributed by atoms with Gasteiger partial charge in [-0.3, -0.25) is 10.1 Å². The fourth-order valence-corrected chi connectivity index (χ4v) is 3.01. The average molecular weight is 290 g/mol. The van der Waals surface area contributed by atoms with E-state index in [0.717, 1.165) is 18.7 Å². The molecular weight excluding hydrogens is 272 g/mol. The smallest absolute Gasteiger partial charge is 0.274 e. The Bertz CT molecular complexity index is 627. The Morgan fingerprint density at radius 2 is 2.40 bits per heavy atom. The molecule has 1 amide bonds. The molecule has 2 heterocycles. The van der Waals surface area contributed by atoms with Gasteiger partial charge >= 0.3 is 0 Å². The van der Waals surface area contributed by atoms with Crippen molar-refractivity contribution in [2.75, 3.05) is 11.1 Å². The highest BCUT2D eigenvalue weighted by molar-refractivity contribution is 7.14. The molecule has 5 nitrogen and oxygen atoms in total. The normalized spacial score (nSPS) is 14.4. The van der Waals surface area contributed by atoms with E-state index in [2.05, 4.69) is 17.2 Å². The lowest BCUT2D eigenvalue weighted by Crippen LogP contribution is -2.16. The van der Waals surface area contributed by atoms with Gasteiger partial charge in [0.15, 0.2) is 5.13 Å². The summed E-state index contributed by atoms with van der Waals surface area (Å²) in [6, 6.07) is 1.71. The van der Waals surface area contributed by atoms with E-state index >= 15 is 0 Å². The van der Waals surface area contributed by atoms with Crippen molar-refractivity contribution in [3.63, 3.8) is 0 Å². The molecule has 1 saturated carbocycles. The number of nitrogens with two attached hydrogens (primary N) is 1. The topological polar surface area (TPSA) is 72.9 Å². The first-order valence-electron chi connectivity index (χ1n) is 6.89. The number of aryl methyl sites for hydroxylation is 1. The van der Waals surface area contributed by atoms with Gasteiger partial charge in [-0.1, -0.05) is 6.92 Å². The monoisotopic (exact) mass is 290 g/mol. The molecule has 20 heavy (non-hydrogen) atoms. The van der Waals surface area contributed by atoms with Crippen LogP contribution in [0.3, 0.4) is 0 Å². The van der Waals surface area contributed by atoms with Crippen molar-refractivity contribution in [1.82, 2.24) is 9.55 Å². The van der Waals surface area contributed by atoms with Crippen molar-refractivity contribution >= 4 is 28.1 Å². The molecule has 1 fully saturated rings. The van der Waals surface area contributed by atoms with E-state index in [1.54, 1.807) is 12.3 Å². The predicted octanol–water partition coefficient (Wildman–Crippen LogP) is 3.07. The quantitative estimate of drug-likeness (QED) is 0.888. The van der Waals surface area contributed by atoms with E-state index in [9.17, 15) is 4.79 Å². The van der Waals surface area contributed by atoms with Crippen molar-refractivity contribution in [2.45, 2.75) is 38.6 Å². The number of thiazole rings is 1. The van der Waals surface area contributed by atoms with E-state index < -0.39 is 0 Å². The average Bonchev–Trinajstić information content (AvgIpc) is 3.05. The van der Waals surface area contributed by atoms with Crippen LogP contribution in [0.5, 0.6) is 0 Å². The summed E-state index contributed by atoms with van der Waals surface area (Å²) in [6.45, 7) is 2.85. The molecule has 0 bridgehead atoms. The van der Waals surface area contributed by atoms with Crippen molar-refractivity contribution in [3.8, 4) is 0 Å². The lowest BCUT2D eigenvalue weighted by Gasteiger charge is -2.06. The standard InChI is InChI=1S/C14H18N4OS/c1-2-5-18-7-10(15)6-12(18)13(19)17-14-16-11(8-20-14)9-3-4-9/h6-9H,2-5,15H2,1H3,(H,16,17,19). The Hall–Kier alpha value is -1.82. The molecule has 0 radical (unpaired) electrons. The van der Waals surface area contributed by atoms with E-state index in [0.29, 0.717) is 22.4 Å². The van der Waals surface area contributed by atoms with Gasteiger partial charge < -0.3 is 10.3 Å². The second kappa shape index (κ2) is 5.28. The van der Waals surface area contributed by atoms with Crippen LogP contribution in [0.2, 0.25) is 0 Å². The largest absolute Gasteiger partial charge is 0.397 e. The van der Waals surface area contributed by atoms with Gasteiger partial charge in [-0.25, -0.2) is 4.98 Å². The highest BCUT2D eigenvalue weighted by Crippen LogP contribution is 2.40. The first-order valence-corrected chi connectivity index (χ1v) is 7.77. The molecule has 0 atom stereocenters. The predicted molar refractivity (Wildman–Crippen MR) is 81.2 cm³/mol. The highest BCUT2D eigenvalue weighted by Gasteiger charge is 2.26. The van der Waals surface area contributed by atoms with Crippen molar-refractivity contribution in [2.24, 2.45) is 0 Å². The van der Waals surface area contributed by atoms with Crippen LogP contribution in [-0.2, 0) is 6.54 Å². The first-order chi connectivity index (χ1) is 9.67. The summed E-state index contributed by atoms with van der Waals surface area (Å²) in [4.78, 5) is 16.8. The maximum atomic E-state index is 12.3. The number of rotatable bonds is 5. The maximum absolute atomic E-state index is 12.3. The van der Waals surface area contributed by atoms with Crippen molar-refractivity contribution in [3.05, 3.63) is 29.0 Å². The summed E-state index contributed by atoms with van der Waals surface area (Å²) in [7, 11) is 0. The molecule has 0 saturated heterocycles. The Balaban J connectivity index is 1.74. The molecule has 0 aliphatic heterocycles. The molecule has 106 valence electrons. The molecule has 3 rings (SSSR count). The van der Waals surface area contributed by atoms with Crippen molar-refractivity contribution in [1.29, 1.82) is 0 Å². The van der Waals surface area contributed by atoms with Gasteiger partial charge in [0.2, 0.25) is 0 Å². The zero-order chi connectivity index (χ0) is 14.1. The molecule has 0 unspecified atom stereocenters. The number of carbonyl (C=O) groups is 1. The van der Waals surface area contributed by atoms with Gasteiger partial charge in [0.1, 0.15) is 5.69 Å². The van der Waals surface area contributed by atoms with E-state index in [1.165, 1.54) is 24.2 Å². The minimum Gasteiger partial charge on any atom is -0.397 e. The molecular formula is C14H18N4OS. The number of nitrogens with one attached hydrogen (secondary N) is 1. The minimum atomic E-state index is -0.146. The minimum absolute atomic E-state index is 0.146. The Kier molecular flexibility index (Phi) is 3.48. The van der Waals surface area contributed by atoms with Crippen LogP contribution in [0.1, 0.15) is 48.3 Å². The number of hydrogen-bond acceptors (Lipinski definition) is 4. The number of amides is 1. The third-order valence-corrected chi connectivity index (χ3v) is 4.13. The SMILES string of the molecule is CCCn1cc(N)cc1C(=O)Nc1nc(C2CC2)cs1. The maximum Gasteiger partial charge on any atom is 0.274 e. The van der Waals surface area contributed by atoms with Crippen LogP contribution in [0.15, 0.2) is 17.6 Å². The van der Waals surface area contributed by atoms with Crippen LogP contribution >= 0.6 is 11.3 Å². The van der Waals surface area contributed by atoms with Gasteiger partial charge in [0, 0.05) is 24.0 Å². The number of nitrogen functional groups attached to an aromatic ring is 1. The van der Waals surface area contributed by atoms with Gasteiger partial charge in [0.05, 0.1) is 11.4 Å². The summed E-state index contributed by atoms with van der Waals surface area (Å²) in [5.41, 5.74) is 8.09. The third-order valence-electron chi connectivity index (χ3n) is 3.35. The van der Waals surface area contributed by atoms with Crippen LogP contribution in [0.4, 0.5) is 10.8 Å². The van der Waals surface area contributed by atoms with E-state index in [1.807, 2.05) is 9.95 Å². The summed E-state index contributed by atoms with van der Waals surface area (Å²) < 4.78 is 1.89. The number of carbonyl (C=O) groups excluding carboxylic acids is 1. The lowest BCUT2D eigenvalue weighted by molar-refractivity contribution is 0.101. The van der Waals surface area contributed by atoms with E-state index in [4.69, 9.17) is 5.73 Å². The number of hydrogen-bond donors (Lipinski definition) is 2. The number of nitrogens with zero attached hydrogens (tertiary/aromatic N) is 2. The number of anilines is 2. The van der Waals surface area contributed by atoms with Crippen LogP contribution in [0, 0.1) is 0 Å². The Morgan fingerprint density at radius 1 is 1.60 bits per heavy atom. The lowest BCUT2D eigenvalue weighted by atomic mass is 10.3. The molecule has 6 heteroatoms. The summed E-state index contributed by atoms with van der Waals surface area (Å²) in [5.74, 6) is 0.461. The molecule has 1 aliphatic rings. The van der Waals surface area contributed by atoms with Crippen LogP contribution in [0.25, 0.3) is 0 Å². The summed E-state index contributed by atoms with van der Waals surface area (Å²) in [6.07, 6.45) is 5.19. The molecule has 0 aromatic carbocycles. The second-order valence-corrected chi connectivity index (χ2v) is 6.02. The van der Waals surface area contributed by atoms with Crippen molar-refractivity contribution < 1.29 is 4.79 Å². The molecule has 2 aromatic heterocycles. The zero-order valence-corrected chi connectivity index (χ0v) is 12.2. The number of aromatic nitrogens is 2. The highest BCUT2D eigenvalue weighted by atomic mass is 32.1. The second-order valence-electron chi connectivity index (χ2n) is 5.16.